The van der Waals surface area contributed by atoms with Crippen molar-refractivity contribution in [3.8, 4) is 6.01 Å². The summed E-state index contributed by atoms with van der Waals surface area (Å²) in [5, 5.41) is 0. The van der Waals surface area contributed by atoms with Crippen molar-refractivity contribution in [1.82, 2.24) is 20.3 Å². The highest BCUT2D eigenvalue weighted by Gasteiger charge is 2.18. The third-order valence-electron chi connectivity index (χ3n) is 6.18. The van der Waals surface area contributed by atoms with Crippen molar-refractivity contribution in [3.63, 3.8) is 0 Å². The fraction of sp³-hybridized carbons (Fsp3) is 0.500. The van der Waals surface area contributed by atoms with E-state index in [1.54, 1.807) is 0 Å². The number of morpholine rings is 2. The van der Waals surface area contributed by atoms with Gasteiger partial charge < -0.3 is 19.1 Å². The maximum absolute atomic E-state index is 5.98. The van der Waals surface area contributed by atoms with Crippen LogP contribution in [0.5, 0.6) is 6.01 Å². The summed E-state index contributed by atoms with van der Waals surface area (Å²) in [6.45, 7) is 9.91. The van der Waals surface area contributed by atoms with Gasteiger partial charge in [0.05, 0.1) is 32.1 Å². The number of ether oxygens (including phenoxy) is 3. The smallest absolute Gasteiger partial charge is 0.320 e. The summed E-state index contributed by atoms with van der Waals surface area (Å²) in [6, 6.07) is 8.90. The average Bonchev–Trinajstić information content (AvgIpc) is 3.26. The predicted octanol–water partition coefficient (Wildman–Crippen LogP) is 1.85. The molecule has 0 radical (unpaired) electrons. The molecule has 1 aliphatic carbocycles. The van der Waals surface area contributed by atoms with Crippen LogP contribution in [-0.2, 0) is 15.9 Å². The van der Waals surface area contributed by atoms with E-state index in [1.165, 1.54) is 16.7 Å². The van der Waals surface area contributed by atoms with Crippen LogP contribution in [0.3, 0.4) is 0 Å². The molecular formula is C24H32N6O3. The minimum Gasteiger partial charge on any atom is -0.462 e. The molecule has 1 aromatic heterocycles. The number of aromatic nitrogens is 2. The molecule has 2 aromatic rings. The lowest BCUT2D eigenvalue weighted by Gasteiger charge is -2.28. The normalized spacial score (nSPS) is 18.6. The lowest BCUT2D eigenvalue weighted by atomic mass is 10.1. The highest BCUT2D eigenvalue weighted by atomic mass is 16.5. The minimum absolute atomic E-state index is 0.383. The first-order chi connectivity index (χ1) is 16.2. The molecule has 1 aromatic carbocycles. The van der Waals surface area contributed by atoms with Gasteiger partial charge in [-0.15, -0.1) is 0 Å². The van der Waals surface area contributed by atoms with E-state index in [0.717, 1.165) is 63.9 Å². The second kappa shape index (κ2) is 10.4. The molecular weight excluding hydrogens is 420 g/mol. The zero-order valence-electron chi connectivity index (χ0n) is 19.2. The number of nitrogens with zero attached hydrogens (tertiary/aromatic N) is 4. The number of fused-ring (bicyclic) bond motifs is 1. The highest BCUT2D eigenvalue weighted by molar-refractivity contribution is 5.73. The van der Waals surface area contributed by atoms with Crippen LogP contribution in [0.15, 0.2) is 30.3 Å². The minimum atomic E-state index is 0.383. The Kier molecular flexibility index (Phi) is 6.89. The maximum atomic E-state index is 5.98. The number of nitrogens with one attached hydrogen (secondary N) is 2. The molecule has 0 unspecified atom stereocenters. The van der Waals surface area contributed by atoms with Gasteiger partial charge in [0.25, 0.3) is 0 Å². The number of hydrogen-bond acceptors (Lipinski definition) is 9. The molecule has 0 spiro atoms. The Labute approximate surface area is 194 Å². The van der Waals surface area contributed by atoms with Gasteiger partial charge in [-0.25, -0.2) is 0 Å². The van der Waals surface area contributed by atoms with E-state index >= 15 is 0 Å². The van der Waals surface area contributed by atoms with Crippen LogP contribution in [0.4, 0.5) is 11.6 Å². The molecule has 3 aliphatic rings. The van der Waals surface area contributed by atoms with Crippen LogP contribution in [0, 0.1) is 6.92 Å². The number of benzene rings is 1. The topological polar surface area (TPSA) is 84.0 Å². The summed E-state index contributed by atoms with van der Waals surface area (Å²) >= 11 is 0. The molecule has 0 atom stereocenters. The summed E-state index contributed by atoms with van der Waals surface area (Å²) in [5.74, 6) is 1.52. The van der Waals surface area contributed by atoms with Gasteiger partial charge in [-0.3, -0.25) is 15.8 Å². The van der Waals surface area contributed by atoms with Crippen LogP contribution in [0.1, 0.15) is 16.7 Å². The van der Waals surface area contributed by atoms with Crippen molar-refractivity contribution in [2.24, 2.45) is 0 Å². The maximum Gasteiger partial charge on any atom is 0.320 e. The van der Waals surface area contributed by atoms with Crippen molar-refractivity contribution < 1.29 is 14.2 Å². The number of rotatable bonds is 8. The average molecular weight is 453 g/mol. The number of allylic oxidation sites excluding steroid dienone is 1. The highest BCUT2D eigenvalue weighted by Crippen LogP contribution is 2.27. The number of aryl methyl sites for hydroxylation is 1. The van der Waals surface area contributed by atoms with E-state index in [-0.39, 0.29) is 0 Å². The van der Waals surface area contributed by atoms with Crippen molar-refractivity contribution in [1.29, 1.82) is 0 Å². The standard InChI is InChI=1S/C24H32N6O3/c1-18-2-3-19-4-5-21(20(19)16-18)27-28-22-17-23(30-9-13-32-14-10-30)26-24(25-22)33-15-8-29-6-11-31-12-7-29/h2-3,5,16-17,27H,4,6-15H2,1H3,(H,25,26,28). The van der Waals surface area contributed by atoms with Crippen LogP contribution in [0.25, 0.3) is 5.70 Å². The zero-order valence-corrected chi connectivity index (χ0v) is 19.2. The molecule has 176 valence electrons. The first-order valence-electron chi connectivity index (χ1n) is 11.7. The van der Waals surface area contributed by atoms with Gasteiger partial charge in [0.1, 0.15) is 12.4 Å². The van der Waals surface area contributed by atoms with Gasteiger partial charge >= 0.3 is 6.01 Å². The summed E-state index contributed by atoms with van der Waals surface area (Å²) in [5.41, 5.74) is 11.5. The second-order valence-corrected chi connectivity index (χ2v) is 8.53. The predicted molar refractivity (Wildman–Crippen MR) is 127 cm³/mol. The zero-order chi connectivity index (χ0) is 22.5. The van der Waals surface area contributed by atoms with E-state index < -0.39 is 0 Å². The molecule has 2 aliphatic heterocycles. The summed E-state index contributed by atoms with van der Waals surface area (Å²) in [6.07, 6.45) is 3.12. The van der Waals surface area contributed by atoms with Crippen LogP contribution in [0.2, 0.25) is 0 Å². The first-order valence-corrected chi connectivity index (χ1v) is 11.7. The fourth-order valence-corrected chi connectivity index (χ4v) is 4.28. The van der Waals surface area contributed by atoms with E-state index in [4.69, 9.17) is 14.2 Å². The molecule has 0 saturated carbocycles. The molecule has 0 amide bonds. The SMILES string of the molecule is Cc1ccc2c(c1)C(NNc1cc(N3CCOCC3)nc(OCCN3CCOCC3)n1)=CC2. The molecule has 33 heavy (non-hydrogen) atoms. The fourth-order valence-electron chi connectivity index (χ4n) is 4.28. The monoisotopic (exact) mass is 452 g/mol. The molecule has 0 bridgehead atoms. The lowest BCUT2D eigenvalue weighted by Crippen LogP contribution is -2.39. The van der Waals surface area contributed by atoms with Crippen molar-refractivity contribution >= 4 is 17.3 Å². The van der Waals surface area contributed by atoms with Gasteiger partial charge in [-0.2, -0.15) is 9.97 Å². The third-order valence-corrected chi connectivity index (χ3v) is 6.18. The first kappa shape index (κ1) is 21.9. The van der Waals surface area contributed by atoms with Gasteiger partial charge in [-0.1, -0.05) is 23.8 Å². The molecule has 2 N–H and O–H groups in total. The van der Waals surface area contributed by atoms with E-state index in [9.17, 15) is 0 Å². The van der Waals surface area contributed by atoms with Crippen molar-refractivity contribution in [2.75, 3.05) is 76.1 Å². The van der Waals surface area contributed by atoms with Gasteiger partial charge in [0.15, 0.2) is 5.82 Å². The Balaban J connectivity index is 1.27. The molecule has 9 nitrogen and oxygen atoms in total. The van der Waals surface area contributed by atoms with Crippen LogP contribution >= 0.6 is 0 Å². The van der Waals surface area contributed by atoms with Crippen LogP contribution < -0.4 is 20.5 Å². The molecule has 2 fully saturated rings. The molecule has 5 rings (SSSR count). The molecule has 2 saturated heterocycles. The Morgan fingerprint density at radius 2 is 1.76 bits per heavy atom. The number of anilines is 2. The molecule has 9 heteroatoms. The summed E-state index contributed by atoms with van der Waals surface area (Å²) in [7, 11) is 0. The lowest BCUT2D eigenvalue weighted by molar-refractivity contribution is 0.0317. The largest absolute Gasteiger partial charge is 0.462 e. The Hall–Kier alpha value is -2.88. The second-order valence-electron chi connectivity index (χ2n) is 8.53. The number of hydrogen-bond donors (Lipinski definition) is 2. The quantitative estimate of drug-likeness (QED) is 0.583. The van der Waals surface area contributed by atoms with E-state index in [1.807, 2.05) is 6.07 Å². The van der Waals surface area contributed by atoms with Gasteiger partial charge in [-0.05, 0) is 25.0 Å². The Morgan fingerprint density at radius 3 is 2.58 bits per heavy atom. The van der Waals surface area contributed by atoms with Crippen LogP contribution in [-0.4, -0.2) is 80.6 Å². The number of hydrazine groups is 1. The Bertz CT molecular complexity index is 986. The summed E-state index contributed by atoms with van der Waals surface area (Å²) < 4.78 is 16.9. The van der Waals surface area contributed by atoms with Gasteiger partial charge in [0, 0.05) is 44.4 Å². The summed E-state index contributed by atoms with van der Waals surface area (Å²) in [4.78, 5) is 13.8. The van der Waals surface area contributed by atoms with Crippen molar-refractivity contribution in [2.45, 2.75) is 13.3 Å². The van der Waals surface area contributed by atoms with E-state index in [0.29, 0.717) is 31.6 Å². The van der Waals surface area contributed by atoms with Gasteiger partial charge in [0.2, 0.25) is 0 Å². The molecule has 3 heterocycles. The Morgan fingerprint density at radius 1 is 0.970 bits per heavy atom. The van der Waals surface area contributed by atoms with Crippen molar-refractivity contribution in [3.05, 3.63) is 47.0 Å². The van der Waals surface area contributed by atoms with E-state index in [2.05, 4.69) is 61.8 Å². The third kappa shape index (κ3) is 5.55.